The standard InChI is InChI=1S/C29H39F6N3/c1-7-12-20(16-21(13-8-2)28(30,31)32)23(19(5)9-3)18-26-25(14-11-15-38(26)6)37-27-24(29(33,34)35)17-22(10-4)36-27/h7,12-13,16-18,22,25H,8-11,14-15H2,1-6H3,(H,36,37)/b12-7-,20-16+,21-13-,23-19?,26-18-/t22-,25?/m1/s1. The first-order valence-electron chi connectivity index (χ1n) is 13.1. The third kappa shape index (κ3) is 8.14. The minimum atomic E-state index is -4.54. The van der Waals surface area contributed by atoms with Gasteiger partial charge in [-0.05, 0) is 75.3 Å². The molecule has 0 saturated carbocycles. The lowest BCUT2D eigenvalue weighted by atomic mass is 9.92. The second-order valence-electron chi connectivity index (χ2n) is 9.58. The van der Waals surface area contributed by atoms with Gasteiger partial charge in [0.25, 0.3) is 0 Å². The van der Waals surface area contributed by atoms with Crippen molar-refractivity contribution in [1.82, 2.24) is 10.2 Å². The Labute approximate surface area is 222 Å². The van der Waals surface area contributed by atoms with Gasteiger partial charge in [0.15, 0.2) is 0 Å². The maximum Gasteiger partial charge on any atom is 0.419 e. The van der Waals surface area contributed by atoms with Gasteiger partial charge in [-0.2, -0.15) is 26.3 Å². The maximum absolute atomic E-state index is 13.8. The largest absolute Gasteiger partial charge is 0.419 e. The molecule has 0 aliphatic carbocycles. The molecule has 9 heteroatoms. The van der Waals surface area contributed by atoms with Crippen LogP contribution in [0.5, 0.6) is 0 Å². The molecule has 2 heterocycles. The van der Waals surface area contributed by atoms with Gasteiger partial charge in [-0.15, -0.1) is 0 Å². The number of allylic oxidation sites excluding steroid dienone is 9. The van der Waals surface area contributed by atoms with Crippen LogP contribution in [-0.4, -0.2) is 48.8 Å². The number of alkyl halides is 6. The maximum atomic E-state index is 13.8. The molecule has 2 aliphatic heterocycles. The van der Waals surface area contributed by atoms with Crippen molar-refractivity contribution in [2.75, 3.05) is 13.6 Å². The number of hydrogen-bond acceptors (Lipinski definition) is 2. The number of halogens is 6. The van der Waals surface area contributed by atoms with Gasteiger partial charge in [-0.1, -0.05) is 44.6 Å². The first-order chi connectivity index (χ1) is 17.8. The molecule has 2 aliphatic rings. The predicted octanol–water partition coefficient (Wildman–Crippen LogP) is 8.36. The molecule has 38 heavy (non-hydrogen) atoms. The Hall–Kier alpha value is -2.71. The van der Waals surface area contributed by atoms with Gasteiger partial charge < -0.3 is 10.2 Å². The van der Waals surface area contributed by atoms with Crippen molar-refractivity contribution in [2.45, 2.75) is 91.2 Å². The molecule has 0 aromatic rings. The summed E-state index contributed by atoms with van der Waals surface area (Å²) in [6, 6.07) is -1.02. The van der Waals surface area contributed by atoms with Crippen LogP contribution >= 0.6 is 0 Å². The van der Waals surface area contributed by atoms with Gasteiger partial charge in [0, 0.05) is 25.3 Å². The summed E-state index contributed by atoms with van der Waals surface area (Å²) in [7, 11) is 1.84. The molecule has 1 saturated heterocycles. The molecule has 0 aromatic carbocycles. The van der Waals surface area contributed by atoms with E-state index in [2.05, 4.69) is 10.3 Å². The van der Waals surface area contributed by atoms with Crippen LogP contribution in [0.1, 0.15) is 66.7 Å². The lowest BCUT2D eigenvalue weighted by Crippen LogP contribution is -2.36. The molecule has 2 rings (SSSR count). The summed E-state index contributed by atoms with van der Waals surface area (Å²) in [5.74, 6) is -0.178. The van der Waals surface area contributed by atoms with E-state index in [4.69, 9.17) is 0 Å². The molecule has 212 valence electrons. The number of nitrogens with zero attached hydrogens (tertiary/aromatic N) is 2. The number of rotatable bonds is 8. The van der Waals surface area contributed by atoms with Crippen molar-refractivity contribution in [3.05, 3.63) is 70.0 Å². The zero-order valence-electron chi connectivity index (χ0n) is 23.0. The fraction of sp³-hybridized carbons (Fsp3) is 0.552. The van der Waals surface area contributed by atoms with Gasteiger partial charge in [0.2, 0.25) is 0 Å². The van der Waals surface area contributed by atoms with Crippen molar-refractivity contribution in [1.29, 1.82) is 0 Å². The van der Waals surface area contributed by atoms with Gasteiger partial charge in [0.05, 0.1) is 17.2 Å². The van der Waals surface area contributed by atoms with E-state index in [-0.39, 0.29) is 12.3 Å². The number of nitrogens with one attached hydrogen (secondary N) is 1. The molecular formula is C29H39F6N3. The average molecular weight is 544 g/mol. The fourth-order valence-electron chi connectivity index (χ4n) is 4.51. The van der Waals surface area contributed by atoms with E-state index in [1.165, 1.54) is 6.08 Å². The minimum Gasteiger partial charge on any atom is -0.376 e. The van der Waals surface area contributed by atoms with E-state index in [1.807, 2.05) is 31.9 Å². The van der Waals surface area contributed by atoms with Crippen LogP contribution in [-0.2, 0) is 0 Å². The highest BCUT2D eigenvalue weighted by Gasteiger charge is 2.41. The number of aliphatic imine (C=N–C) groups is 1. The number of hydrogen-bond donors (Lipinski definition) is 1. The van der Waals surface area contributed by atoms with Crippen molar-refractivity contribution < 1.29 is 26.3 Å². The zero-order valence-corrected chi connectivity index (χ0v) is 23.0. The number of piperidine rings is 1. The van der Waals surface area contributed by atoms with E-state index in [0.29, 0.717) is 42.7 Å². The highest BCUT2D eigenvalue weighted by Crippen LogP contribution is 2.35. The fourth-order valence-corrected chi connectivity index (χ4v) is 4.51. The lowest BCUT2D eigenvalue weighted by Gasteiger charge is -2.33. The van der Waals surface area contributed by atoms with Gasteiger partial charge in [-0.25, -0.2) is 0 Å². The highest BCUT2D eigenvalue weighted by molar-refractivity contribution is 6.02. The molecule has 1 unspecified atom stereocenters. The summed E-state index contributed by atoms with van der Waals surface area (Å²) in [6.45, 7) is 9.63. The summed E-state index contributed by atoms with van der Waals surface area (Å²) in [4.78, 5) is 6.48. The normalized spacial score (nSPS) is 24.8. The molecule has 3 nitrogen and oxygen atoms in total. The third-order valence-electron chi connectivity index (χ3n) is 6.73. The molecule has 1 N–H and O–H groups in total. The predicted molar refractivity (Wildman–Crippen MR) is 143 cm³/mol. The molecule has 2 atom stereocenters. The van der Waals surface area contributed by atoms with Crippen molar-refractivity contribution >= 4 is 5.84 Å². The van der Waals surface area contributed by atoms with Crippen LogP contribution in [0.15, 0.2) is 75.0 Å². The second kappa shape index (κ2) is 13.4. The first kappa shape index (κ1) is 31.5. The van der Waals surface area contributed by atoms with Crippen LogP contribution in [0.3, 0.4) is 0 Å². The van der Waals surface area contributed by atoms with E-state index >= 15 is 0 Å². The molecule has 0 radical (unpaired) electrons. The Morgan fingerprint density at radius 3 is 2.37 bits per heavy atom. The van der Waals surface area contributed by atoms with Crippen molar-refractivity contribution in [3.8, 4) is 0 Å². The first-order valence-corrected chi connectivity index (χ1v) is 13.1. The molecule has 0 spiro atoms. The van der Waals surface area contributed by atoms with Gasteiger partial charge >= 0.3 is 12.4 Å². The van der Waals surface area contributed by atoms with E-state index < -0.39 is 35.6 Å². The number of likely N-dealkylation sites (N-methyl/N-ethyl adjacent to an activating group) is 1. The van der Waals surface area contributed by atoms with Gasteiger partial charge in [0.1, 0.15) is 5.84 Å². The Balaban J connectivity index is 2.69. The topological polar surface area (TPSA) is 27.6 Å². The Morgan fingerprint density at radius 2 is 1.84 bits per heavy atom. The van der Waals surface area contributed by atoms with Crippen molar-refractivity contribution in [3.63, 3.8) is 0 Å². The summed E-state index contributed by atoms with van der Waals surface area (Å²) in [5, 5.41) is 2.89. The summed E-state index contributed by atoms with van der Waals surface area (Å²) in [5.41, 5.74) is 1.05. The summed E-state index contributed by atoms with van der Waals surface area (Å²) in [6.07, 6.45) is 2.13. The van der Waals surface area contributed by atoms with Crippen molar-refractivity contribution in [2.24, 2.45) is 4.99 Å². The molecule has 0 bridgehead atoms. The highest BCUT2D eigenvalue weighted by atomic mass is 19.4. The number of likely N-dealkylation sites (tertiary alicyclic amines) is 1. The quantitative estimate of drug-likeness (QED) is 0.246. The summed E-state index contributed by atoms with van der Waals surface area (Å²) >= 11 is 0. The molecule has 0 aromatic heterocycles. The zero-order chi connectivity index (χ0) is 28.7. The molecule has 1 fully saturated rings. The lowest BCUT2D eigenvalue weighted by molar-refractivity contribution is -0.0887. The van der Waals surface area contributed by atoms with E-state index in [9.17, 15) is 26.3 Å². The van der Waals surface area contributed by atoms with Crippen LogP contribution < -0.4 is 5.32 Å². The molecular weight excluding hydrogens is 504 g/mol. The minimum absolute atomic E-state index is 0.178. The average Bonchev–Trinajstić information content (AvgIpc) is 3.26. The van der Waals surface area contributed by atoms with E-state index in [1.54, 1.807) is 32.9 Å². The van der Waals surface area contributed by atoms with Crippen LogP contribution in [0.4, 0.5) is 26.3 Å². The molecule has 0 amide bonds. The second-order valence-corrected chi connectivity index (χ2v) is 9.58. The third-order valence-corrected chi connectivity index (χ3v) is 6.73. The van der Waals surface area contributed by atoms with Crippen LogP contribution in [0.25, 0.3) is 0 Å². The smallest absolute Gasteiger partial charge is 0.376 e. The summed E-state index contributed by atoms with van der Waals surface area (Å²) < 4.78 is 82.5. The Kier molecular flexibility index (Phi) is 11.1. The Morgan fingerprint density at radius 1 is 1.16 bits per heavy atom. The SMILES string of the molecule is C\C=C/C(=C\C(=C\CC)C(F)(F)F)C(/C=C1/C(N=C2N[C@H](CC)C=C2C(F)(F)F)CCCN1C)=C(C)CC. The van der Waals surface area contributed by atoms with Crippen LogP contribution in [0, 0.1) is 0 Å². The number of amidine groups is 1. The monoisotopic (exact) mass is 543 g/mol. The van der Waals surface area contributed by atoms with Gasteiger partial charge in [-0.3, -0.25) is 4.99 Å². The Bertz CT molecular complexity index is 1050. The van der Waals surface area contributed by atoms with Crippen LogP contribution in [0.2, 0.25) is 0 Å². The van der Waals surface area contributed by atoms with E-state index in [0.717, 1.165) is 24.1 Å².